The fourth-order valence-corrected chi connectivity index (χ4v) is 2.73. The van der Waals surface area contributed by atoms with Gasteiger partial charge in [-0.1, -0.05) is 6.07 Å². The lowest BCUT2D eigenvalue weighted by Crippen LogP contribution is -2.30. The van der Waals surface area contributed by atoms with Crippen molar-refractivity contribution in [3.05, 3.63) is 35.4 Å². The first kappa shape index (κ1) is 14.0. The highest BCUT2D eigenvalue weighted by Gasteiger charge is 2.19. The second-order valence-electron chi connectivity index (χ2n) is 4.21. The summed E-state index contributed by atoms with van der Waals surface area (Å²) in [5.74, 6) is 0.666. The summed E-state index contributed by atoms with van der Waals surface area (Å²) in [7, 11) is 1.62. The van der Waals surface area contributed by atoms with Gasteiger partial charge in [-0.15, -0.1) is 11.8 Å². The number of hydrogen-bond donors (Lipinski definition) is 1. The van der Waals surface area contributed by atoms with Crippen LogP contribution in [-0.4, -0.2) is 36.6 Å². The van der Waals surface area contributed by atoms with Gasteiger partial charge >= 0.3 is 5.97 Å². The quantitative estimate of drug-likeness (QED) is 0.811. The molecular weight excluding hydrogens is 264 g/mol. The number of carboxylic acids is 1. The van der Waals surface area contributed by atoms with Crippen molar-refractivity contribution >= 4 is 23.8 Å². The molecule has 1 heterocycles. The predicted molar refractivity (Wildman–Crippen MR) is 75.6 cm³/mol. The minimum Gasteiger partial charge on any atom is -0.497 e. The molecule has 0 atom stereocenters. The van der Waals surface area contributed by atoms with Gasteiger partial charge < -0.3 is 14.6 Å². The van der Waals surface area contributed by atoms with E-state index in [0.717, 1.165) is 41.9 Å². The summed E-state index contributed by atoms with van der Waals surface area (Å²) in [5.41, 5.74) is 1.99. The molecule has 0 aromatic heterocycles. The van der Waals surface area contributed by atoms with Gasteiger partial charge in [-0.05, 0) is 29.3 Å². The van der Waals surface area contributed by atoms with Crippen LogP contribution >= 0.6 is 11.8 Å². The van der Waals surface area contributed by atoms with Crippen molar-refractivity contribution in [2.45, 2.75) is 11.0 Å². The Labute approximate surface area is 116 Å². The maximum Gasteiger partial charge on any atom is 0.328 e. The lowest BCUT2D eigenvalue weighted by atomic mass is 10.1. The summed E-state index contributed by atoms with van der Waals surface area (Å²) in [6, 6.07) is 5.67. The fourth-order valence-electron chi connectivity index (χ4n) is 1.68. The van der Waals surface area contributed by atoms with E-state index in [1.54, 1.807) is 13.2 Å². The van der Waals surface area contributed by atoms with E-state index < -0.39 is 5.97 Å². The Hall–Kier alpha value is -1.46. The Morgan fingerprint density at radius 2 is 2.37 bits per heavy atom. The Kier molecular flexibility index (Phi) is 4.87. The topological polar surface area (TPSA) is 55.8 Å². The van der Waals surface area contributed by atoms with E-state index in [1.807, 2.05) is 30.0 Å². The van der Waals surface area contributed by atoms with Crippen LogP contribution < -0.4 is 4.74 Å². The van der Waals surface area contributed by atoms with Crippen LogP contribution in [0.5, 0.6) is 5.75 Å². The van der Waals surface area contributed by atoms with Crippen molar-refractivity contribution in [3.63, 3.8) is 0 Å². The van der Waals surface area contributed by atoms with Crippen molar-refractivity contribution in [3.8, 4) is 5.75 Å². The van der Waals surface area contributed by atoms with E-state index in [4.69, 9.17) is 14.6 Å². The zero-order valence-electron chi connectivity index (χ0n) is 10.7. The zero-order valence-corrected chi connectivity index (χ0v) is 11.5. The van der Waals surface area contributed by atoms with Crippen molar-refractivity contribution < 1.29 is 19.4 Å². The number of rotatable bonds is 6. The highest BCUT2D eigenvalue weighted by molar-refractivity contribution is 7.99. The number of aliphatic carboxylic acids is 1. The number of methoxy groups -OCH3 is 1. The number of ether oxygens (including phenoxy) is 2. The van der Waals surface area contributed by atoms with E-state index in [1.165, 1.54) is 0 Å². The molecule has 0 spiro atoms. The van der Waals surface area contributed by atoms with Crippen molar-refractivity contribution in [1.82, 2.24) is 0 Å². The van der Waals surface area contributed by atoms with Crippen LogP contribution in [-0.2, 0) is 15.3 Å². The Morgan fingerprint density at radius 3 is 2.95 bits per heavy atom. The second-order valence-corrected chi connectivity index (χ2v) is 5.50. The third kappa shape index (κ3) is 4.01. The summed E-state index contributed by atoms with van der Waals surface area (Å²) in [4.78, 5) is 10.6. The van der Waals surface area contributed by atoms with Gasteiger partial charge in [-0.3, -0.25) is 0 Å². The van der Waals surface area contributed by atoms with Crippen LogP contribution in [0.2, 0.25) is 0 Å². The van der Waals surface area contributed by atoms with Crippen LogP contribution in [0.1, 0.15) is 11.1 Å². The average Bonchev–Trinajstić information content (AvgIpc) is 2.35. The molecule has 5 heteroatoms. The van der Waals surface area contributed by atoms with Gasteiger partial charge in [-0.25, -0.2) is 4.79 Å². The van der Waals surface area contributed by atoms with Crippen molar-refractivity contribution in [2.75, 3.05) is 20.3 Å². The third-order valence-electron chi connectivity index (χ3n) is 2.84. The lowest BCUT2D eigenvalue weighted by Gasteiger charge is -2.25. The average molecular weight is 280 g/mol. The minimum atomic E-state index is -0.943. The number of benzene rings is 1. The third-order valence-corrected chi connectivity index (χ3v) is 4.06. The molecule has 1 fully saturated rings. The highest BCUT2D eigenvalue weighted by Crippen LogP contribution is 2.28. The standard InChI is InChI=1S/C14H16O4S/c1-17-12-4-2-10(3-5-14(15)16)11(6-12)9-19-13-7-18-8-13/h2-6,13H,7-9H2,1H3,(H,15,16). The van der Waals surface area contributed by atoms with Gasteiger partial charge in [0.05, 0.1) is 25.6 Å². The summed E-state index contributed by atoms with van der Waals surface area (Å²) in [5, 5.41) is 9.24. The first-order chi connectivity index (χ1) is 9.19. The lowest BCUT2D eigenvalue weighted by molar-refractivity contribution is -0.131. The molecule has 1 aliphatic rings. The summed E-state index contributed by atoms with van der Waals surface area (Å²) in [6.45, 7) is 1.60. The first-order valence-corrected chi connectivity index (χ1v) is 7.01. The molecule has 2 rings (SSSR count). The number of carbonyl (C=O) groups is 1. The minimum absolute atomic E-state index is 0.544. The molecule has 1 aromatic carbocycles. The second kappa shape index (κ2) is 6.63. The zero-order chi connectivity index (χ0) is 13.7. The Bertz CT molecular complexity index is 480. The molecule has 0 amide bonds. The van der Waals surface area contributed by atoms with Crippen molar-refractivity contribution in [2.24, 2.45) is 0 Å². The van der Waals surface area contributed by atoms with Crippen LogP contribution in [0.3, 0.4) is 0 Å². The molecule has 0 aliphatic carbocycles. The molecule has 4 nitrogen and oxygen atoms in total. The molecule has 0 bridgehead atoms. The van der Waals surface area contributed by atoms with Gasteiger partial charge in [0.25, 0.3) is 0 Å². The molecular formula is C14H16O4S. The van der Waals surface area contributed by atoms with Gasteiger partial charge in [0.2, 0.25) is 0 Å². The van der Waals surface area contributed by atoms with E-state index in [9.17, 15) is 4.79 Å². The van der Waals surface area contributed by atoms with E-state index in [2.05, 4.69) is 0 Å². The van der Waals surface area contributed by atoms with E-state index in [-0.39, 0.29) is 0 Å². The monoisotopic (exact) mass is 280 g/mol. The summed E-state index contributed by atoms with van der Waals surface area (Å²) < 4.78 is 10.3. The van der Waals surface area contributed by atoms with Crippen LogP contribution in [0.15, 0.2) is 24.3 Å². The van der Waals surface area contributed by atoms with Gasteiger partial charge in [-0.2, -0.15) is 0 Å². The van der Waals surface area contributed by atoms with Crippen LogP contribution in [0.25, 0.3) is 6.08 Å². The smallest absolute Gasteiger partial charge is 0.328 e. The molecule has 1 N–H and O–H groups in total. The van der Waals surface area contributed by atoms with Gasteiger partial charge in [0.1, 0.15) is 5.75 Å². The molecule has 102 valence electrons. The van der Waals surface area contributed by atoms with Crippen LogP contribution in [0.4, 0.5) is 0 Å². The van der Waals surface area contributed by atoms with E-state index in [0.29, 0.717) is 5.25 Å². The molecule has 0 unspecified atom stereocenters. The summed E-state index contributed by atoms with van der Waals surface area (Å²) in [6.07, 6.45) is 2.78. The molecule has 1 aromatic rings. The molecule has 0 saturated carbocycles. The molecule has 1 saturated heterocycles. The SMILES string of the molecule is COc1ccc(C=CC(=O)O)c(CSC2COC2)c1. The number of thioether (sulfide) groups is 1. The molecule has 19 heavy (non-hydrogen) atoms. The fraction of sp³-hybridized carbons (Fsp3) is 0.357. The molecule has 1 aliphatic heterocycles. The number of hydrogen-bond acceptors (Lipinski definition) is 4. The van der Waals surface area contributed by atoms with E-state index >= 15 is 0 Å². The van der Waals surface area contributed by atoms with Crippen molar-refractivity contribution in [1.29, 1.82) is 0 Å². The summed E-state index contributed by atoms with van der Waals surface area (Å²) >= 11 is 1.82. The largest absolute Gasteiger partial charge is 0.497 e. The maximum absolute atomic E-state index is 10.6. The molecule has 0 radical (unpaired) electrons. The van der Waals surface area contributed by atoms with Crippen LogP contribution in [0, 0.1) is 0 Å². The first-order valence-electron chi connectivity index (χ1n) is 5.96. The van der Waals surface area contributed by atoms with Gasteiger partial charge in [0, 0.05) is 11.8 Å². The van der Waals surface area contributed by atoms with Gasteiger partial charge in [0.15, 0.2) is 0 Å². The number of carboxylic acid groups (broad SMARTS) is 1. The maximum atomic E-state index is 10.6. The predicted octanol–water partition coefficient (Wildman–Crippen LogP) is 2.43. The Morgan fingerprint density at radius 1 is 1.58 bits per heavy atom. The Balaban J connectivity index is 2.12. The normalized spacial score (nSPS) is 15.4. The highest BCUT2D eigenvalue weighted by atomic mass is 32.2.